The molecule has 188 valence electrons. The number of amides is 4. The first-order valence-electron chi connectivity index (χ1n) is 10.6. The second-order valence-corrected chi connectivity index (χ2v) is 8.91. The quantitative estimate of drug-likeness (QED) is 0.173. The molecule has 0 atom stereocenters. The first kappa shape index (κ1) is 25.9. The van der Waals surface area contributed by atoms with Gasteiger partial charge in [0.1, 0.15) is 12.2 Å². The molecule has 0 aliphatic carbocycles. The van der Waals surface area contributed by atoms with Crippen molar-refractivity contribution in [1.29, 1.82) is 0 Å². The number of carbonyl (C=O) groups is 3. The van der Waals surface area contributed by atoms with Gasteiger partial charge in [-0.05, 0) is 51.8 Å². The molecular weight excluding hydrogens is 570 g/mol. The van der Waals surface area contributed by atoms with Crippen LogP contribution in [0.25, 0.3) is 6.08 Å². The number of hydrogen-bond acceptors (Lipinski definition) is 7. The number of rotatable bonds is 7. The van der Waals surface area contributed by atoms with E-state index in [9.17, 15) is 24.5 Å². The Morgan fingerprint density at radius 1 is 1.11 bits per heavy atom. The van der Waals surface area contributed by atoms with Gasteiger partial charge in [0.25, 0.3) is 17.5 Å². The topological polar surface area (TPSA) is 128 Å². The van der Waals surface area contributed by atoms with Gasteiger partial charge in [-0.1, -0.05) is 35.9 Å². The summed E-state index contributed by atoms with van der Waals surface area (Å²) in [6.07, 6.45) is 1.28. The molecule has 1 N–H and O–H groups in total. The van der Waals surface area contributed by atoms with Crippen LogP contribution in [0.3, 0.4) is 0 Å². The van der Waals surface area contributed by atoms with Crippen molar-refractivity contribution in [3.8, 4) is 11.5 Å². The molecule has 1 saturated heterocycles. The molecule has 3 aromatic rings. The molecule has 1 aliphatic rings. The first-order chi connectivity index (χ1) is 17.7. The van der Waals surface area contributed by atoms with E-state index in [2.05, 4.69) is 21.2 Å². The van der Waals surface area contributed by atoms with Gasteiger partial charge < -0.3 is 9.47 Å². The number of nitro groups is 1. The van der Waals surface area contributed by atoms with Crippen molar-refractivity contribution in [3.63, 3.8) is 0 Å². The van der Waals surface area contributed by atoms with Crippen LogP contribution in [-0.2, 0) is 16.2 Å². The predicted octanol–water partition coefficient (Wildman–Crippen LogP) is 5.26. The Labute approximate surface area is 223 Å². The summed E-state index contributed by atoms with van der Waals surface area (Å²) < 4.78 is 11.8. The largest absolute Gasteiger partial charge is 0.493 e. The Morgan fingerprint density at radius 3 is 2.57 bits per heavy atom. The summed E-state index contributed by atoms with van der Waals surface area (Å²) in [6, 6.07) is 14.3. The summed E-state index contributed by atoms with van der Waals surface area (Å²) in [5.74, 6) is -1.17. The highest BCUT2D eigenvalue weighted by Gasteiger charge is 2.37. The number of benzene rings is 3. The van der Waals surface area contributed by atoms with Crippen LogP contribution >= 0.6 is 27.5 Å². The lowest BCUT2D eigenvalue weighted by Gasteiger charge is -2.26. The molecule has 0 aromatic heterocycles. The smallest absolute Gasteiger partial charge is 0.335 e. The number of imide groups is 2. The third-order valence-electron chi connectivity index (χ3n) is 5.29. The van der Waals surface area contributed by atoms with Gasteiger partial charge in [0.05, 0.1) is 22.2 Å². The van der Waals surface area contributed by atoms with E-state index in [1.165, 1.54) is 31.4 Å². The summed E-state index contributed by atoms with van der Waals surface area (Å²) in [4.78, 5) is 49.2. The minimum atomic E-state index is -1.02. The fraction of sp³-hybridized carbons (Fsp3) is 0.0800. The first-order valence-corrected chi connectivity index (χ1v) is 11.8. The fourth-order valence-corrected chi connectivity index (χ4v) is 4.30. The summed E-state index contributed by atoms with van der Waals surface area (Å²) in [6.45, 7) is 0.163. The predicted molar refractivity (Wildman–Crippen MR) is 139 cm³/mol. The minimum absolute atomic E-state index is 0.0582. The van der Waals surface area contributed by atoms with E-state index in [-0.39, 0.29) is 23.6 Å². The molecule has 12 heteroatoms. The number of hydrogen-bond donors (Lipinski definition) is 1. The average molecular weight is 587 g/mol. The summed E-state index contributed by atoms with van der Waals surface area (Å²) in [5, 5.41) is 13.8. The Kier molecular flexibility index (Phi) is 7.55. The number of barbiturate groups is 1. The molecule has 4 amide bonds. The van der Waals surface area contributed by atoms with Gasteiger partial charge >= 0.3 is 6.03 Å². The molecule has 0 saturated carbocycles. The zero-order valence-electron chi connectivity index (χ0n) is 19.1. The highest BCUT2D eigenvalue weighted by atomic mass is 79.9. The van der Waals surface area contributed by atoms with Crippen molar-refractivity contribution in [1.82, 2.24) is 5.32 Å². The number of carbonyl (C=O) groups excluding carboxylic acids is 3. The molecule has 3 aromatic carbocycles. The number of halogens is 2. The van der Waals surface area contributed by atoms with Gasteiger partial charge in [-0.15, -0.1) is 0 Å². The van der Waals surface area contributed by atoms with Gasteiger partial charge in [0, 0.05) is 22.7 Å². The number of urea groups is 1. The molecule has 0 spiro atoms. The summed E-state index contributed by atoms with van der Waals surface area (Å²) >= 11 is 9.62. The third kappa shape index (κ3) is 5.47. The van der Waals surface area contributed by atoms with Gasteiger partial charge in [0.2, 0.25) is 0 Å². The molecule has 1 aliphatic heterocycles. The lowest BCUT2D eigenvalue weighted by atomic mass is 10.1. The third-order valence-corrected chi connectivity index (χ3v) is 6.25. The normalized spacial score (nSPS) is 14.5. The van der Waals surface area contributed by atoms with Gasteiger partial charge in [0.15, 0.2) is 11.5 Å². The highest BCUT2D eigenvalue weighted by molar-refractivity contribution is 9.10. The number of methoxy groups -OCH3 is 1. The monoisotopic (exact) mass is 585 g/mol. The maximum absolute atomic E-state index is 13.2. The van der Waals surface area contributed by atoms with Crippen molar-refractivity contribution in [2.45, 2.75) is 6.61 Å². The number of nitrogens with one attached hydrogen (secondary N) is 1. The molecule has 4 rings (SSSR count). The highest BCUT2D eigenvalue weighted by Crippen LogP contribution is 2.38. The zero-order chi connectivity index (χ0) is 26.7. The maximum Gasteiger partial charge on any atom is 0.335 e. The Bertz CT molecular complexity index is 1470. The summed E-state index contributed by atoms with van der Waals surface area (Å²) in [7, 11) is 1.43. The van der Waals surface area contributed by atoms with Crippen molar-refractivity contribution in [3.05, 3.63) is 97.0 Å². The van der Waals surface area contributed by atoms with E-state index < -0.39 is 22.8 Å². The van der Waals surface area contributed by atoms with Crippen molar-refractivity contribution in [2.75, 3.05) is 12.0 Å². The van der Waals surface area contributed by atoms with Crippen molar-refractivity contribution in [2.24, 2.45) is 0 Å². The van der Waals surface area contributed by atoms with Crippen LogP contribution < -0.4 is 19.7 Å². The van der Waals surface area contributed by atoms with Gasteiger partial charge in [-0.3, -0.25) is 25.0 Å². The van der Waals surface area contributed by atoms with E-state index >= 15 is 0 Å². The average Bonchev–Trinajstić information content (AvgIpc) is 2.86. The molecule has 0 unspecified atom stereocenters. The standard InChI is InChI=1S/C25H17BrClN3O7/c1-36-21-11-14(10-19(26)22(21)37-13-15-5-2-3-8-20(15)27)9-18-23(31)28-25(33)29(24(18)32)16-6-4-7-17(12-16)30(34)35/h2-12H,13H2,1H3,(H,28,31,33)/b18-9+. The fourth-order valence-electron chi connectivity index (χ4n) is 3.53. The van der Waals surface area contributed by atoms with Crippen LogP contribution in [0.15, 0.2) is 70.7 Å². The van der Waals surface area contributed by atoms with Gasteiger partial charge in [-0.2, -0.15) is 0 Å². The Hall–Kier alpha value is -4.22. The molecule has 1 fully saturated rings. The number of non-ortho nitro benzene ring substituents is 1. The molecule has 10 nitrogen and oxygen atoms in total. The second-order valence-electron chi connectivity index (χ2n) is 7.65. The number of nitrogens with zero attached hydrogens (tertiary/aromatic N) is 2. The van der Waals surface area contributed by atoms with Crippen molar-refractivity contribution < 1.29 is 28.8 Å². The van der Waals surface area contributed by atoms with Crippen LogP contribution in [0.4, 0.5) is 16.2 Å². The van der Waals surface area contributed by atoms with Gasteiger partial charge in [-0.25, -0.2) is 9.69 Å². The summed E-state index contributed by atoms with van der Waals surface area (Å²) in [5.41, 5.74) is 0.420. The van der Waals surface area contributed by atoms with E-state index in [0.29, 0.717) is 31.5 Å². The molecule has 0 radical (unpaired) electrons. The second kappa shape index (κ2) is 10.8. The number of nitro benzene ring substituents is 1. The van der Waals surface area contributed by atoms with Crippen LogP contribution in [0.2, 0.25) is 5.02 Å². The molecule has 1 heterocycles. The molecule has 37 heavy (non-hydrogen) atoms. The van der Waals surface area contributed by atoms with Crippen LogP contribution in [0.1, 0.15) is 11.1 Å². The lowest BCUT2D eigenvalue weighted by molar-refractivity contribution is -0.384. The molecular formula is C25H17BrClN3O7. The SMILES string of the molecule is COc1cc(/C=C2\C(=O)NC(=O)N(c3cccc([N+](=O)[O-])c3)C2=O)cc(Br)c1OCc1ccccc1Cl. The number of anilines is 1. The molecule has 0 bridgehead atoms. The van der Waals surface area contributed by atoms with E-state index in [4.69, 9.17) is 21.1 Å². The van der Waals surface area contributed by atoms with E-state index in [1.54, 1.807) is 24.3 Å². The maximum atomic E-state index is 13.2. The van der Waals surface area contributed by atoms with Crippen LogP contribution in [0, 0.1) is 10.1 Å². The van der Waals surface area contributed by atoms with Crippen LogP contribution in [0.5, 0.6) is 11.5 Å². The lowest BCUT2D eigenvalue weighted by Crippen LogP contribution is -2.54. The van der Waals surface area contributed by atoms with Crippen LogP contribution in [-0.4, -0.2) is 29.9 Å². The van der Waals surface area contributed by atoms with Crippen molar-refractivity contribution >= 4 is 62.8 Å². The Morgan fingerprint density at radius 2 is 1.86 bits per heavy atom. The van der Waals surface area contributed by atoms with E-state index in [1.807, 2.05) is 12.1 Å². The van der Waals surface area contributed by atoms with E-state index in [0.717, 1.165) is 11.6 Å². The Balaban J connectivity index is 1.66. The number of ether oxygens (including phenoxy) is 2. The minimum Gasteiger partial charge on any atom is -0.493 e. The zero-order valence-corrected chi connectivity index (χ0v) is 21.4.